The molecule has 0 spiro atoms. The van der Waals surface area contributed by atoms with Crippen molar-refractivity contribution in [1.82, 2.24) is 0 Å². The molecule has 7 atom stereocenters. The maximum Gasteiger partial charge on any atom is 0.192 e. The van der Waals surface area contributed by atoms with Gasteiger partial charge in [-0.25, -0.2) is 0 Å². The number of aliphatic hydroxyl groups is 1. The highest BCUT2D eigenvalue weighted by Gasteiger charge is 2.47. The maximum atomic E-state index is 14.3. The van der Waals surface area contributed by atoms with Crippen LogP contribution in [0.3, 0.4) is 0 Å². The molecule has 266 valence electrons. The fourth-order valence-corrected chi connectivity index (χ4v) is 9.12. The third-order valence-electron chi connectivity index (χ3n) is 10.8. The molecule has 0 saturated heterocycles. The number of rotatable bonds is 18. The predicted molar refractivity (Wildman–Crippen MR) is 200 cm³/mol. The normalized spacial score (nSPS) is 18.9. The first-order valence-electron chi connectivity index (χ1n) is 17.4. The van der Waals surface area contributed by atoms with E-state index in [1.165, 1.54) is 11.1 Å². The predicted octanol–water partition coefficient (Wildman–Crippen LogP) is 10.6. The Hall–Kier alpha value is -0.576. The van der Waals surface area contributed by atoms with Gasteiger partial charge in [-0.1, -0.05) is 101 Å². The van der Waals surface area contributed by atoms with Gasteiger partial charge in [0.05, 0.1) is 23.7 Å². The average Bonchev–Trinajstić information content (AvgIpc) is 2.84. The molecule has 45 heavy (non-hydrogen) atoms. The van der Waals surface area contributed by atoms with Gasteiger partial charge >= 0.3 is 0 Å². The Kier molecular flexibility index (Phi) is 17.0. The Morgan fingerprint density at radius 1 is 0.800 bits per heavy atom. The monoisotopic (exact) mass is 669 g/mol. The molecule has 0 bridgehead atoms. The third kappa shape index (κ3) is 12.8. The molecule has 0 aromatic rings. The number of aliphatic hydroxyl groups excluding tert-OH is 1. The van der Waals surface area contributed by atoms with E-state index in [1.54, 1.807) is 7.11 Å². The zero-order valence-electron chi connectivity index (χ0n) is 33.4. The first-order valence-corrected chi connectivity index (χ1v) is 23.3. The summed E-state index contributed by atoms with van der Waals surface area (Å²) in [5, 5.41) is 10.1. The summed E-state index contributed by atoms with van der Waals surface area (Å²) in [6.07, 6.45) is 5.28. The van der Waals surface area contributed by atoms with Crippen LogP contribution in [0.1, 0.15) is 117 Å². The van der Waals surface area contributed by atoms with E-state index in [2.05, 4.69) is 128 Å². The molecule has 0 aliphatic heterocycles. The number of hydrogen-bond acceptors (Lipinski definition) is 5. The van der Waals surface area contributed by atoms with Crippen molar-refractivity contribution in [3.8, 4) is 0 Å². The summed E-state index contributed by atoms with van der Waals surface area (Å²) in [7, 11) is -2.48. The highest BCUT2D eigenvalue weighted by atomic mass is 28.4. The lowest BCUT2D eigenvalue weighted by atomic mass is 9.70. The summed E-state index contributed by atoms with van der Waals surface area (Å²) in [5.74, 6) is 0.428. The summed E-state index contributed by atoms with van der Waals surface area (Å²) >= 11 is 0. The number of hydrogen-bond donors (Lipinski definition) is 1. The van der Waals surface area contributed by atoms with E-state index >= 15 is 0 Å². The lowest BCUT2D eigenvalue weighted by molar-refractivity contribution is -0.145. The van der Waals surface area contributed by atoms with Crippen molar-refractivity contribution in [2.45, 2.75) is 171 Å². The van der Waals surface area contributed by atoms with E-state index in [0.717, 1.165) is 6.42 Å². The number of methoxy groups -OCH3 is 1. The van der Waals surface area contributed by atoms with Crippen LogP contribution in [0.25, 0.3) is 0 Å². The molecular formula is C38H76O5Si2. The molecule has 0 unspecified atom stereocenters. The highest BCUT2D eigenvalue weighted by Crippen LogP contribution is 2.43. The van der Waals surface area contributed by atoms with Gasteiger partial charge in [0.25, 0.3) is 0 Å². The minimum absolute atomic E-state index is 0.0388. The Balaban J connectivity index is 6.34. The molecule has 0 aromatic carbocycles. The van der Waals surface area contributed by atoms with Crippen LogP contribution in [0.4, 0.5) is 0 Å². The van der Waals surface area contributed by atoms with E-state index in [-0.39, 0.29) is 58.5 Å². The van der Waals surface area contributed by atoms with Gasteiger partial charge in [0.15, 0.2) is 16.6 Å². The summed E-state index contributed by atoms with van der Waals surface area (Å²) < 4.78 is 20.1. The van der Waals surface area contributed by atoms with Crippen LogP contribution >= 0.6 is 0 Å². The van der Waals surface area contributed by atoms with Crippen LogP contribution in [-0.2, 0) is 18.4 Å². The molecule has 0 fully saturated rings. The molecule has 0 amide bonds. The molecule has 7 heteroatoms. The highest BCUT2D eigenvalue weighted by molar-refractivity contribution is 6.74. The standard InChI is InChI=1S/C38H76O5Si2/c1-26(2)23-27(3)24-28(4)33(43-45(19,20)37(11,12)13)29(5)25-30(6)34(40)38(14,15)35(41-16)31(7)32(21-22-39)42-44(17,18)36(8,9)10/h23-24,27,29-33,35,39H,21-22,25H2,1-20H3/b28-24+/t27-,29-,30+,31+,32-,33+,35-/m0/s1. The first kappa shape index (κ1) is 44.4. The van der Waals surface area contributed by atoms with Crippen LogP contribution in [0.5, 0.6) is 0 Å². The van der Waals surface area contributed by atoms with E-state index in [0.29, 0.717) is 12.3 Å². The second-order valence-corrected chi connectivity index (χ2v) is 27.5. The Morgan fingerprint density at radius 3 is 1.67 bits per heavy atom. The van der Waals surface area contributed by atoms with Crippen molar-refractivity contribution in [1.29, 1.82) is 0 Å². The molecule has 0 radical (unpaired) electrons. The fraction of sp³-hybridized carbons (Fsp3) is 0.868. The second kappa shape index (κ2) is 17.2. The SMILES string of the molecule is CO[C@@H]([C@H](C)[C@H](CCO)O[Si](C)(C)C(C)(C)C)C(C)(C)C(=O)[C@H](C)C[C@H](C)[C@H](O[Si](C)(C)C(C)(C)C)/C(C)=C/[C@@H](C)C=C(C)C. The van der Waals surface area contributed by atoms with E-state index in [4.69, 9.17) is 13.6 Å². The Labute approximate surface area is 282 Å². The summed E-state index contributed by atoms with van der Waals surface area (Å²) in [6, 6.07) is 0. The minimum Gasteiger partial charge on any atom is -0.413 e. The lowest BCUT2D eigenvalue weighted by Gasteiger charge is -2.45. The maximum absolute atomic E-state index is 14.3. The largest absolute Gasteiger partial charge is 0.413 e. The smallest absolute Gasteiger partial charge is 0.192 e. The zero-order valence-corrected chi connectivity index (χ0v) is 35.4. The van der Waals surface area contributed by atoms with Crippen LogP contribution in [-0.4, -0.2) is 59.6 Å². The first-order chi connectivity index (χ1) is 20.1. The zero-order chi connectivity index (χ0) is 35.9. The molecule has 0 aliphatic rings. The van der Waals surface area contributed by atoms with Crippen molar-refractivity contribution < 1.29 is 23.5 Å². The van der Waals surface area contributed by atoms with Crippen LogP contribution in [0.2, 0.25) is 36.3 Å². The third-order valence-corrected chi connectivity index (χ3v) is 19.8. The van der Waals surface area contributed by atoms with Gasteiger partial charge in [-0.2, -0.15) is 0 Å². The van der Waals surface area contributed by atoms with Crippen molar-refractivity contribution in [2.24, 2.45) is 29.1 Å². The quantitative estimate of drug-likeness (QED) is 0.116. The Morgan fingerprint density at radius 2 is 1.27 bits per heavy atom. The van der Waals surface area contributed by atoms with Gasteiger partial charge in [-0.3, -0.25) is 4.79 Å². The fourth-order valence-electron chi connectivity index (χ4n) is 6.27. The summed E-state index contributed by atoms with van der Waals surface area (Å²) in [4.78, 5) is 14.3. The Bertz CT molecular complexity index is 979. The van der Waals surface area contributed by atoms with Gasteiger partial charge in [0.1, 0.15) is 5.78 Å². The van der Waals surface area contributed by atoms with E-state index < -0.39 is 22.0 Å². The number of Topliss-reactive ketones (excluding diaryl/α,β-unsaturated/α-hetero) is 1. The topological polar surface area (TPSA) is 65.0 Å². The molecule has 0 rings (SSSR count). The van der Waals surface area contributed by atoms with Crippen LogP contribution < -0.4 is 0 Å². The van der Waals surface area contributed by atoms with Gasteiger partial charge in [0, 0.05) is 25.6 Å². The molecule has 0 aliphatic carbocycles. The molecular weight excluding hydrogens is 593 g/mol. The number of carbonyl (C=O) groups is 1. The number of carbonyl (C=O) groups excluding carboxylic acids is 1. The van der Waals surface area contributed by atoms with Crippen molar-refractivity contribution in [3.63, 3.8) is 0 Å². The van der Waals surface area contributed by atoms with Gasteiger partial charge in [-0.15, -0.1) is 0 Å². The number of ether oxygens (including phenoxy) is 1. The van der Waals surface area contributed by atoms with Gasteiger partial charge < -0.3 is 18.7 Å². The molecule has 5 nitrogen and oxygen atoms in total. The summed E-state index contributed by atoms with van der Waals surface area (Å²) in [6.45, 7) is 41.9. The van der Waals surface area contributed by atoms with Crippen molar-refractivity contribution >= 4 is 22.4 Å². The molecule has 0 aromatic heterocycles. The van der Waals surface area contributed by atoms with Crippen LogP contribution in [0.15, 0.2) is 23.3 Å². The van der Waals surface area contributed by atoms with E-state index in [9.17, 15) is 9.90 Å². The number of ketones is 1. The average molecular weight is 669 g/mol. The van der Waals surface area contributed by atoms with Crippen molar-refractivity contribution in [3.05, 3.63) is 23.3 Å². The summed E-state index contributed by atoms with van der Waals surface area (Å²) in [5.41, 5.74) is 1.81. The lowest BCUT2D eigenvalue weighted by Crippen LogP contribution is -2.52. The van der Waals surface area contributed by atoms with Crippen LogP contribution in [0, 0.1) is 29.1 Å². The van der Waals surface area contributed by atoms with Gasteiger partial charge in [0.2, 0.25) is 0 Å². The van der Waals surface area contributed by atoms with Crippen molar-refractivity contribution in [2.75, 3.05) is 13.7 Å². The second-order valence-electron chi connectivity index (χ2n) is 18.0. The molecule has 0 saturated carbocycles. The minimum atomic E-state index is -2.11. The number of allylic oxidation sites excluding steroid dienone is 3. The van der Waals surface area contributed by atoms with Gasteiger partial charge in [-0.05, 0) is 87.3 Å². The molecule has 1 N–H and O–H groups in total. The van der Waals surface area contributed by atoms with E-state index in [1.807, 2.05) is 13.8 Å². The molecule has 0 heterocycles.